The number of hydrogen-bond donors (Lipinski definition) is 1. The summed E-state index contributed by atoms with van der Waals surface area (Å²) in [6.07, 6.45) is -4.38. The van der Waals surface area contributed by atoms with Gasteiger partial charge in [-0.2, -0.15) is 18.4 Å². The minimum atomic E-state index is -4.37. The fraction of sp³-hybridized carbons (Fsp3) is 0.385. The van der Waals surface area contributed by atoms with E-state index in [1.54, 1.807) is 6.92 Å². The van der Waals surface area contributed by atoms with E-state index in [2.05, 4.69) is 5.32 Å². The molecule has 0 aromatic heterocycles. The molecule has 1 amide bonds. The van der Waals surface area contributed by atoms with Gasteiger partial charge in [0, 0.05) is 6.54 Å². The Kier molecular flexibility index (Phi) is 4.93. The van der Waals surface area contributed by atoms with Crippen LogP contribution in [0.25, 0.3) is 0 Å². The van der Waals surface area contributed by atoms with Gasteiger partial charge in [0.05, 0.1) is 24.0 Å². The predicted octanol–water partition coefficient (Wildman–Crippen LogP) is 2.52. The number of nitrogens with zero attached hydrogens (tertiary/aromatic N) is 1. The normalized spacial score (nSPS) is 12.6. The summed E-state index contributed by atoms with van der Waals surface area (Å²) in [4.78, 5) is 11.5. The van der Waals surface area contributed by atoms with Crippen LogP contribution >= 0.6 is 0 Å². The Labute approximate surface area is 109 Å². The molecular weight excluding hydrogens is 257 g/mol. The number of hydrogen-bond acceptors (Lipinski definition) is 2. The van der Waals surface area contributed by atoms with E-state index in [9.17, 15) is 18.0 Å². The van der Waals surface area contributed by atoms with Gasteiger partial charge in [-0.25, -0.2) is 0 Å². The summed E-state index contributed by atoms with van der Waals surface area (Å²) in [5.41, 5.74) is -0.245. The van der Waals surface area contributed by atoms with Crippen LogP contribution in [0.3, 0.4) is 0 Å². The van der Waals surface area contributed by atoms with Gasteiger partial charge in [-0.3, -0.25) is 4.79 Å². The van der Waals surface area contributed by atoms with Crippen molar-refractivity contribution in [2.75, 3.05) is 6.54 Å². The summed E-state index contributed by atoms with van der Waals surface area (Å²) in [7, 11) is 0. The van der Waals surface area contributed by atoms with Gasteiger partial charge in [0.2, 0.25) is 5.91 Å². The third-order valence-electron chi connectivity index (χ3n) is 2.47. The van der Waals surface area contributed by atoms with Crippen molar-refractivity contribution in [1.82, 2.24) is 5.32 Å². The predicted molar refractivity (Wildman–Crippen MR) is 62.9 cm³/mol. The summed E-state index contributed by atoms with van der Waals surface area (Å²) in [6, 6.07) is 6.41. The maximum atomic E-state index is 12.3. The second-order valence-corrected chi connectivity index (χ2v) is 4.21. The average molecular weight is 270 g/mol. The highest BCUT2D eigenvalue weighted by Crippen LogP contribution is 2.29. The molecule has 102 valence electrons. The minimum Gasteiger partial charge on any atom is -0.355 e. The Morgan fingerprint density at radius 2 is 1.95 bits per heavy atom. The van der Waals surface area contributed by atoms with Gasteiger partial charge < -0.3 is 5.32 Å². The van der Waals surface area contributed by atoms with E-state index in [-0.39, 0.29) is 24.8 Å². The Bertz CT molecular complexity index is 474. The van der Waals surface area contributed by atoms with E-state index >= 15 is 0 Å². The van der Waals surface area contributed by atoms with Crippen LogP contribution in [0.15, 0.2) is 24.3 Å². The molecule has 3 nitrogen and oxygen atoms in total. The van der Waals surface area contributed by atoms with Crippen molar-refractivity contribution in [2.24, 2.45) is 5.92 Å². The van der Waals surface area contributed by atoms with E-state index < -0.39 is 11.7 Å². The number of benzene rings is 1. The molecule has 1 unspecified atom stereocenters. The number of halogens is 3. The average Bonchev–Trinajstić information content (AvgIpc) is 2.35. The molecule has 1 aromatic carbocycles. The van der Waals surface area contributed by atoms with Gasteiger partial charge in [-0.15, -0.1) is 0 Å². The second kappa shape index (κ2) is 6.23. The molecule has 1 rings (SSSR count). The SMILES string of the molecule is CC(C#N)CNC(=O)Cc1ccc(C(F)(F)F)cc1. The van der Waals surface area contributed by atoms with Crippen LogP contribution in [0.1, 0.15) is 18.1 Å². The Morgan fingerprint density at radius 3 is 2.42 bits per heavy atom. The Morgan fingerprint density at radius 1 is 1.37 bits per heavy atom. The number of nitriles is 1. The largest absolute Gasteiger partial charge is 0.416 e. The molecule has 0 radical (unpaired) electrons. The number of alkyl halides is 3. The minimum absolute atomic E-state index is 0.00368. The number of carbonyl (C=O) groups is 1. The smallest absolute Gasteiger partial charge is 0.355 e. The lowest BCUT2D eigenvalue weighted by Crippen LogP contribution is -2.29. The van der Waals surface area contributed by atoms with Crippen molar-refractivity contribution in [3.8, 4) is 6.07 Å². The van der Waals surface area contributed by atoms with Gasteiger partial charge in [-0.1, -0.05) is 12.1 Å². The van der Waals surface area contributed by atoms with E-state index in [0.29, 0.717) is 5.56 Å². The molecule has 0 heterocycles. The fourth-order valence-electron chi connectivity index (χ4n) is 1.37. The van der Waals surface area contributed by atoms with Crippen LogP contribution in [-0.2, 0) is 17.4 Å². The van der Waals surface area contributed by atoms with Crippen LogP contribution in [0.5, 0.6) is 0 Å². The third kappa shape index (κ3) is 5.00. The Balaban J connectivity index is 2.54. The van der Waals surface area contributed by atoms with Crippen LogP contribution in [0, 0.1) is 17.2 Å². The molecule has 6 heteroatoms. The summed E-state index contributed by atoms with van der Waals surface area (Å²) >= 11 is 0. The Hall–Kier alpha value is -2.03. The van der Waals surface area contributed by atoms with Crippen molar-refractivity contribution in [1.29, 1.82) is 5.26 Å². The van der Waals surface area contributed by atoms with Crippen molar-refractivity contribution < 1.29 is 18.0 Å². The molecule has 0 aliphatic carbocycles. The highest BCUT2D eigenvalue weighted by Gasteiger charge is 2.29. The number of nitrogens with one attached hydrogen (secondary N) is 1. The molecule has 0 saturated heterocycles. The summed E-state index contributed by atoms with van der Waals surface area (Å²) < 4.78 is 37.0. The van der Waals surface area contributed by atoms with Gasteiger partial charge in [-0.05, 0) is 24.6 Å². The van der Waals surface area contributed by atoms with Crippen LogP contribution in [-0.4, -0.2) is 12.5 Å². The lowest BCUT2D eigenvalue weighted by Gasteiger charge is -2.08. The fourth-order valence-corrected chi connectivity index (χ4v) is 1.37. The van der Waals surface area contributed by atoms with Gasteiger partial charge in [0.1, 0.15) is 0 Å². The molecule has 0 aliphatic rings. The number of carbonyl (C=O) groups excluding carboxylic acids is 1. The van der Waals surface area contributed by atoms with E-state index in [0.717, 1.165) is 12.1 Å². The molecule has 0 spiro atoms. The van der Waals surface area contributed by atoms with Crippen LogP contribution < -0.4 is 5.32 Å². The maximum absolute atomic E-state index is 12.3. The van der Waals surface area contributed by atoms with Gasteiger partial charge in [0.15, 0.2) is 0 Å². The van der Waals surface area contributed by atoms with Crippen molar-refractivity contribution in [3.63, 3.8) is 0 Å². The highest BCUT2D eigenvalue weighted by atomic mass is 19.4. The van der Waals surface area contributed by atoms with Crippen LogP contribution in [0.4, 0.5) is 13.2 Å². The first kappa shape index (κ1) is 15.0. The molecule has 1 atom stereocenters. The van der Waals surface area contributed by atoms with Gasteiger partial charge in [0.25, 0.3) is 0 Å². The molecule has 1 N–H and O–H groups in total. The van der Waals surface area contributed by atoms with Gasteiger partial charge >= 0.3 is 6.18 Å². The molecular formula is C13H13F3N2O. The molecule has 19 heavy (non-hydrogen) atoms. The first-order valence-corrected chi connectivity index (χ1v) is 5.65. The molecule has 1 aromatic rings. The van der Waals surface area contributed by atoms with Crippen LogP contribution in [0.2, 0.25) is 0 Å². The van der Waals surface area contributed by atoms with Crippen molar-refractivity contribution in [3.05, 3.63) is 35.4 Å². The number of amides is 1. The zero-order chi connectivity index (χ0) is 14.5. The molecule has 0 aliphatic heterocycles. The lowest BCUT2D eigenvalue weighted by molar-refractivity contribution is -0.137. The lowest BCUT2D eigenvalue weighted by atomic mass is 10.1. The summed E-state index contributed by atoms with van der Waals surface area (Å²) in [5.74, 6) is -0.613. The number of rotatable bonds is 4. The van der Waals surface area contributed by atoms with Crippen molar-refractivity contribution in [2.45, 2.75) is 19.5 Å². The first-order valence-electron chi connectivity index (χ1n) is 5.65. The van der Waals surface area contributed by atoms with E-state index in [1.165, 1.54) is 12.1 Å². The molecule has 0 fully saturated rings. The molecule has 0 saturated carbocycles. The quantitative estimate of drug-likeness (QED) is 0.914. The standard InChI is InChI=1S/C13H13F3N2O/c1-9(7-17)8-18-12(19)6-10-2-4-11(5-3-10)13(14,15)16/h2-5,9H,6,8H2,1H3,(H,18,19). The van der Waals surface area contributed by atoms with Crippen molar-refractivity contribution >= 4 is 5.91 Å². The third-order valence-corrected chi connectivity index (χ3v) is 2.47. The second-order valence-electron chi connectivity index (χ2n) is 4.21. The molecule has 0 bridgehead atoms. The summed E-state index contributed by atoms with van der Waals surface area (Å²) in [5, 5.41) is 11.1. The summed E-state index contributed by atoms with van der Waals surface area (Å²) in [6.45, 7) is 1.90. The monoisotopic (exact) mass is 270 g/mol. The zero-order valence-electron chi connectivity index (χ0n) is 10.3. The topological polar surface area (TPSA) is 52.9 Å². The zero-order valence-corrected chi connectivity index (χ0v) is 10.3. The maximum Gasteiger partial charge on any atom is 0.416 e. The van der Waals surface area contributed by atoms with E-state index in [4.69, 9.17) is 5.26 Å². The highest BCUT2D eigenvalue weighted by molar-refractivity contribution is 5.78. The van der Waals surface area contributed by atoms with E-state index in [1.807, 2.05) is 6.07 Å². The first-order chi connectivity index (χ1) is 8.82.